The molecule has 0 amide bonds. The first-order valence-corrected chi connectivity index (χ1v) is 7.86. The quantitative estimate of drug-likeness (QED) is 0.254. The highest BCUT2D eigenvalue weighted by Gasteiger charge is 2.30. The van der Waals surface area contributed by atoms with Crippen molar-refractivity contribution in [3.63, 3.8) is 0 Å². The summed E-state index contributed by atoms with van der Waals surface area (Å²) in [7, 11) is -3.08. The molecule has 0 aliphatic carbocycles. The van der Waals surface area contributed by atoms with E-state index in [-0.39, 0.29) is 0 Å². The largest absolute Gasteiger partial charge is 0.394 e. The first-order valence-electron chi connectivity index (χ1n) is 4.63. The summed E-state index contributed by atoms with van der Waals surface area (Å²) in [5.41, 5.74) is 0. The molecule has 0 spiro atoms. The van der Waals surface area contributed by atoms with Crippen molar-refractivity contribution < 1.29 is 34.0 Å². The maximum Gasteiger partial charge on any atom is 0.264 e. The Hall–Kier alpha value is 0.0600. The summed E-state index contributed by atoms with van der Waals surface area (Å²) in [5.74, 6) is 0. The average molecular weight is 291 g/mol. The summed E-state index contributed by atoms with van der Waals surface area (Å²) in [6.45, 7) is -1.30. The number of nitrogens with one attached hydrogen (secondary N) is 1. The van der Waals surface area contributed by atoms with Crippen LogP contribution in [-0.4, -0.2) is 77.8 Å². The van der Waals surface area contributed by atoms with Crippen molar-refractivity contribution in [1.82, 2.24) is 4.72 Å². The Morgan fingerprint density at radius 3 is 2.00 bits per heavy atom. The Bertz CT molecular complexity index is 309. The smallest absolute Gasteiger partial charge is 0.264 e. The Morgan fingerprint density at radius 2 is 1.59 bits per heavy atom. The molecule has 0 aromatic carbocycles. The molecule has 0 saturated carbocycles. The van der Waals surface area contributed by atoms with Gasteiger partial charge in [0.2, 0.25) is 0 Å². The summed E-state index contributed by atoms with van der Waals surface area (Å²) < 4.78 is 24.0. The molecular weight excluding hydrogens is 274 g/mol. The van der Waals surface area contributed by atoms with Crippen LogP contribution >= 0.6 is 10.8 Å². The molecule has 0 bridgehead atoms. The predicted octanol–water partition coefficient (Wildman–Crippen LogP) is -3.38. The summed E-state index contributed by atoms with van der Waals surface area (Å²) in [6.07, 6.45) is -5.45. The maximum atomic E-state index is 11.0. The fraction of sp³-hybridized carbons (Fsp3) is 1.00. The number of hydrogen-bond acceptors (Lipinski definition) is 8. The lowest BCUT2D eigenvalue weighted by atomic mass is 10.0. The fourth-order valence-corrected chi connectivity index (χ4v) is 1.98. The monoisotopic (exact) mass is 291 g/mol. The van der Waals surface area contributed by atoms with Crippen LogP contribution in [0.5, 0.6) is 0 Å². The van der Waals surface area contributed by atoms with Gasteiger partial charge in [0.1, 0.15) is 18.3 Å². The summed E-state index contributed by atoms with van der Waals surface area (Å²) in [6, 6.07) is 0. The molecule has 104 valence electrons. The van der Waals surface area contributed by atoms with Crippen molar-refractivity contribution in [1.29, 1.82) is 0 Å². The predicted molar refractivity (Wildman–Crippen MR) is 61.6 cm³/mol. The lowest BCUT2D eigenvalue weighted by Crippen LogP contribution is -2.49. The van der Waals surface area contributed by atoms with Crippen molar-refractivity contribution in [3.8, 4) is 0 Å². The molecule has 8 nitrogen and oxygen atoms in total. The highest BCUT2D eigenvalue weighted by molar-refractivity contribution is 8.71. The average Bonchev–Trinajstić information content (AvgIpc) is 2.33. The first-order chi connectivity index (χ1) is 7.75. The van der Waals surface area contributed by atoms with Crippen LogP contribution in [0, 0.1) is 0 Å². The standard InChI is InChI=1S/C7H17NO7S2/c1-16-17(14,15)8-2-4(10)6(12)7(13)5(11)3-9/h4-13H,2-3H2,1H3/t4-,5+,6+,7+/m0/s1. The lowest BCUT2D eigenvalue weighted by Gasteiger charge is -2.25. The second-order valence-corrected chi connectivity index (χ2v) is 7.11. The molecule has 0 fully saturated rings. The van der Waals surface area contributed by atoms with Gasteiger partial charge in [0, 0.05) is 6.54 Å². The van der Waals surface area contributed by atoms with E-state index in [1.807, 2.05) is 4.72 Å². The molecule has 0 radical (unpaired) electrons. The van der Waals surface area contributed by atoms with Gasteiger partial charge < -0.3 is 25.5 Å². The van der Waals surface area contributed by atoms with E-state index in [0.717, 1.165) is 0 Å². The molecule has 0 aromatic rings. The fourth-order valence-electron chi connectivity index (χ4n) is 0.930. The van der Waals surface area contributed by atoms with E-state index in [4.69, 9.17) is 10.2 Å². The molecule has 0 aliphatic rings. The van der Waals surface area contributed by atoms with Crippen LogP contribution in [0.3, 0.4) is 0 Å². The van der Waals surface area contributed by atoms with E-state index >= 15 is 0 Å². The third-order valence-electron chi connectivity index (χ3n) is 2.01. The maximum absolute atomic E-state index is 11.0. The van der Waals surface area contributed by atoms with Gasteiger partial charge in [-0.25, -0.2) is 13.1 Å². The molecule has 0 aliphatic heterocycles. The van der Waals surface area contributed by atoms with Crippen LogP contribution in [0.15, 0.2) is 0 Å². The highest BCUT2D eigenvalue weighted by Crippen LogP contribution is 2.07. The minimum absolute atomic E-state index is 0.514. The van der Waals surface area contributed by atoms with Crippen molar-refractivity contribution in [2.24, 2.45) is 0 Å². The first kappa shape index (κ1) is 17.1. The van der Waals surface area contributed by atoms with Gasteiger partial charge in [-0.1, -0.05) is 0 Å². The van der Waals surface area contributed by atoms with E-state index in [1.165, 1.54) is 6.26 Å². The molecule has 4 atom stereocenters. The van der Waals surface area contributed by atoms with Crippen LogP contribution < -0.4 is 4.72 Å². The van der Waals surface area contributed by atoms with E-state index < -0.39 is 46.6 Å². The third-order valence-corrected chi connectivity index (χ3v) is 4.64. The Labute approximate surface area is 103 Å². The zero-order valence-electron chi connectivity index (χ0n) is 9.09. The number of aliphatic hydroxyl groups excluding tert-OH is 5. The van der Waals surface area contributed by atoms with E-state index in [9.17, 15) is 23.7 Å². The summed E-state index contributed by atoms with van der Waals surface area (Å²) in [5, 5.41) is 45.5. The highest BCUT2D eigenvalue weighted by atomic mass is 33.1. The van der Waals surface area contributed by atoms with E-state index in [1.54, 1.807) is 0 Å². The summed E-state index contributed by atoms with van der Waals surface area (Å²) >= 11 is 0. The number of aliphatic hydroxyl groups is 5. The van der Waals surface area contributed by atoms with Crippen LogP contribution in [0.4, 0.5) is 0 Å². The van der Waals surface area contributed by atoms with E-state index in [0.29, 0.717) is 10.8 Å². The second kappa shape index (κ2) is 7.48. The van der Waals surface area contributed by atoms with Crippen molar-refractivity contribution in [2.45, 2.75) is 24.4 Å². The SMILES string of the molecule is CSS(=O)(=O)NC[C@H](O)[C@@H](O)[C@H](O)[C@H](O)CO. The summed E-state index contributed by atoms with van der Waals surface area (Å²) in [4.78, 5) is 0. The van der Waals surface area contributed by atoms with E-state index in [2.05, 4.69) is 0 Å². The third kappa shape index (κ3) is 5.97. The molecule has 0 unspecified atom stereocenters. The molecule has 10 heteroatoms. The van der Waals surface area contributed by atoms with Crippen LogP contribution in [0.1, 0.15) is 0 Å². The molecule has 17 heavy (non-hydrogen) atoms. The van der Waals surface area contributed by atoms with Crippen molar-refractivity contribution >= 4 is 19.8 Å². The Balaban J connectivity index is 4.27. The molecule has 0 aromatic heterocycles. The second-order valence-electron chi connectivity index (χ2n) is 3.27. The van der Waals surface area contributed by atoms with Gasteiger partial charge in [0.05, 0.1) is 12.7 Å². The zero-order chi connectivity index (χ0) is 13.6. The van der Waals surface area contributed by atoms with Gasteiger partial charge in [-0.3, -0.25) is 0 Å². The van der Waals surface area contributed by atoms with Crippen molar-refractivity contribution in [3.05, 3.63) is 0 Å². The molecular formula is C7H17NO7S2. The zero-order valence-corrected chi connectivity index (χ0v) is 10.7. The van der Waals surface area contributed by atoms with Gasteiger partial charge in [-0.15, -0.1) is 0 Å². The van der Waals surface area contributed by atoms with Gasteiger partial charge in [0.15, 0.2) is 0 Å². The Morgan fingerprint density at radius 1 is 1.12 bits per heavy atom. The van der Waals surface area contributed by atoms with Gasteiger partial charge in [0.25, 0.3) is 9.06 Å². The normalized spacial score (nSPS) is 19.6. The Kier molecular flexibility index (Phi) is 7.51. The molecule has 6 N–H and O–H groups in total. The molecule has 0 rings (SSSR count). The minimum atomic E-state index is -3.60. The van der Waals surface area contributed by atoms with Crippen LogP contribution in [0.2, 0.25) is 0 Å². The topological polar surface area (TPSA) is 147 Å². The number of rotatable bonds is 8. The van der Waals surface area contributed by atoms with Gasteiger partial charge in [-0.05, 0) is 17.0 Å². The number of hydrogen-bond donors (Lipinski definition) is 6. The molecule has 0 saturated heterocycles. The van der Waals surface area contributed by atoms with Crippen molar-refractivity contribution in [2.75, 3.05) is 19.4 Å². The van der Waals surface area contributed by atoms with Gasteiger partial charge in [-0.2, -0.15) is 0 Å². The van der Waals surface area contributed by atoms with Gasteiger partial charge >= 0.3 is 0 Å². The minimum Gasteiger partial charge on any atom is -0.394 e. The molecule has 0 heterocycles. The van der Waals surface area contributed by atoms with Crippen LogP contribution in [0.25, 0.3) is 0 Å². The lowest BCUT2D eigenvalue weighted by molar-refractivity contribution is -0.113. The van der Waals surface area contributed by atoms with Crippen LogP contribution in [-0.2, 0) is 9.06 Å².